The summed E-state index contributed by atoms with van der Waals surface area (Å²) in [7, 11) is 0. The summed E-state index contributed by atoms with van der Waals surface area (Å²) in [4.78, 5) is 48.2. The van der Waals surface area contributed by atoms with Gasteiger partial charge < -0.3 is 4.90 Å². The SMILES string of the molecule is CCC(=O)CCC(C(C)=O)N1Cc2ccc(C=O)cc2C1=O. The predicted octanol–water partition coefficient (Wildman–Crippen LogP) is 2.17. The molecule has 0 N–H and O–H groups in total. The van der Waals surface area contributed by atoms with Crippen molar-refractivity contribution in [3.8, 4) is 0 Å². The van der Waals surface area contributed by atoms with Gasteiger partial charge in [-0.05, 0) is 25.0 Å². The van der Waals surface area contributed by atoms with Gasteiger partial charge in [-0.2, -0.15) is 0 Å². The Labute approximate surface area is 129 Å². The van der Waals surface area contributed by atoms with Crippen LogP contribution in [0.2, 0.25) is 0 Å². The van der Waals surface area contributed by atoms with E-state index >= 15 is 0 Å². The highest BCUT2D eigenvalue weighted by Crippen LogP contribution is 2.27. The normalized spacial score (nSPS) is 14.6. The average molecular weight is 301 g/mol. The highest BCUT2D eigenvalue weighted by atomic mass is 16.2. The molecule has 1 atom stereocenters. The quantitative estimate of drug-likeness (QED) is 0.724. The monoisotopic (exact) mass is 301 g/mol. The molecular formula is C17H19NO4. The maximum atomic E-state index is 12.5. The maximum Gasteiger partial charge on any atom is 0.255 e. The van der Waals surface area contributed by atoms with Crippen LogP contribution in [0.5, 0.6) is 0 Å². The Kier molecular flexibility index (Phi) is 4.85. The summed E-state index contributed by atoms with van der Waals surface area (Å²) in [6, 6.07) is 4.37. The van der Waals surface area contributed by atoms with E-state index < -0.39 is 6.04 Å². The van der Waals surface area contributed by atoms with E-state index in [0.29, 0.717) is 43.2 Å². The van der Waals surface area contributed by atoms with Gasteiger partial charge in [-0.3, -0.25) is 19.2 Å². The number of benzene rings is 1. The number of nitrogens with zero attached hydrogens (tertiary/aromatic N) is 1. The number of ketones is 2. The van der Waals surface area contributed by atoms with Gasteiger partial charge in [0.15, 0.2) is 5.78 Å². The van der Waals surface area contributed by atoms with E-state index in [9.17, 15) is 19.2 Å². The first kappa shape index (κ1) is 16.1. The van der Waals surface area contributed by atoms with Crippen LogP contribution in [0.1, 0.15) is 59.4 Å². The van der Waals surface area contributed by atoms with Crippen LogP contribution in [0.15, 0.2) is 18.2 Å². The molecule has 0 aliphatic carbocycles. The van der Waals surface area contributed by atoms with Crippen LogP contribution in [-0.2, 0) is 16.1 Å². The van der Waals surface area contributed by atoms with Gasteiger partial charge in [-0.1, -0.05) is 19.1 Å². The average Bonchev–Trinajstić information content (AvgIpc) is 2.83. The van der Waals surface area contributed by atoms with Crippen LogP contribution >= 0.6 is 0 Å². The van der Waals surface area contributed by atoms with Crippen molar-refractivity contribution in [3.05, 3.63) is 34.9 Å². The number of hydrogen-bond donors (Lipinski definition) is 0. The van der Waals surface area contributed by atoms with Gasteiger partial charge in [-0.15, -0.1) is 0 Å². The molecule has 1 heterocycles. The molecule has 0 bridgehead atoms. The van der Waals surface area contributed by atoms with Gasteiger partial charge in [0.1, 0.15) is 12.1 Å². The lowest BCUT2D eigenvalue weighted by molar-refractivity contribution is -0.122. The summed E-state index contributed by atoms with van der Waals surface area (Å²) < 4.78 is 0. The first-order valence-electron chi connectivity index (χ1n) is 7.39. The van der Waals surface area contributed by atoms with Crippen LogP contribution in [0, 0.1) is 0 Å². The fraction of sp³-hybridized carbons (Fsp3) is 0.412. The second-order valence-corrected chi connectivity index (χ2v) is 5.52. The Morgan fingerprint density at radius 2 is 2.09 bits per heavy atom. The van der Waals surface area contributed by atoms with Gasteiger partial charge in [-0.25, -0.2) is 0 Å². The van der Waals surface area contributed by atoms with Gasteiger partial charge in [0.2, 0.25) is 0 Å². The third-order valence-electron chi connectivity index (χ3n) is 4.04. The largest absolute Gasteiger partial charge is 0.324 e. The van der Waals surface area contributed by atoms with E-state index in [-0.39, 0.29) is 17.5 Å². The molecule has 2 rings (SSSR count). The van der Waals surface area contributed by atoms with Crippen molar-refractivity contribution in [3.63, 3.8) is 0 Å². The Bertz CT molecular complexity index is 636. The van der Waals surface area contributed by atoms with Crippen LogP contribution < -0.4 is 0 Å². The molecular weight excluding hydrogens is 282 g/mol. The number of Topliss-reactive ketones (excluding diaryl/α,β-unsaturated/α-hetero) is 2. The molecule has 0 fully saturated rings. The van der Waals surface area contributed by atoms with Crippen molar-refractivity contribution < 1.29 is 19.2 Å². The zero-order valence-electron chi connectivity index (χ0n) is 12.8. The van der Waals surface area contributed by atoms with Crippen molar-refractivity contribution in [2.45, 2.75) is 45.7 Å². The number of fused-ring (bicyclic) bond motifs is 1. The van der Waals surface area contributed by atoms with E-state index in [2.05, 4.69) is 0 Å². The first-order chi connectivity index (χ1) is 10.5. The number of carbonyl (C=O) groups excluding carboxylic acids is 4. The summed E-state index contributed by atoms with van der Waals surface area (Å²) >= 11 is 0. The zero-order chi connectivity index (χ0) is 16.3. The van der Waals surface area contributed by atoms with E-state index in [0.717, 1.165) is 5.56 Å². The highest BCUT2D eigenvalue weighted by Gasteiger charge is 2.34. The third kappa shape index (κ3) is 3.13. The fourth-order valence-corrected chi connectivity index (χ4v) is 2.72. The summed E-state index contributed by atoms with van der Waals surface area (Å²) in [5.74, 6) is -0.290. The predicted molar refractivity (Wildman–Crippen MR) is 80.7 cm³/mol. The molecule has 1 aromatic carbocycles. The van der Waals surface area contributed by atoms with Gasteiger partial charge >= 0.3 is 0 Å². The lowest BCUT2D eigenvalue weighted by Crippen LogP contribution is -2.40. The molecule has 1 aliphatic heterocycles. The Morgan fingerprint density at radius 1 is 1.36 bits per heavy atom. The second-order valence-electron chi connectivity index (χ2n) is 5.52. The van der Waals surface area contributed by atoms with Gasteiger partial charge in [0.25, 0.3) is 5.91 Å². The summed E-state index contributed by atoms with van der Waals surface area (Å²) in [6.07, 6.45) is 1.77. The molecule has 1 aromatic rings. The molecule has 0 aromatic heterocycles. The zero-order valence-corrected chi connectivity index (χ0v) is 12.8. The van der Waals surface area contributed by atoms with Crippen LogP contribution in [0.3, 0.4) is 0 Å². The summed E-state index contributed by atoms with van der Waals surface area (Å²) in [5, 5.41) is 0. The van der Waals surface area contributed by atoms with E-state index in [1.807, 2.05) is 0 Å². The van der Waals surface area contributed by atoms with E-state index in [1.165, 1.54) is 11.8 Å². The Morgan fingerprint density at radius 3 is 2.68 bits per heavy atom. The van der Waals surface area contributed by atoms with Crippen molar-refractivity contribution >= 4 is 23.8 Å². The first-order valence-corrected chi connectivity index (χ1v) is 7.39. The van der Waals surface area contributed by atoms with E-state index in [1.54, 1.807) is 25.1 Å². The molecule has 22 heavy (non-hydrogen) atoms. The van der Waals surface area contributed by atoms with Crippen LogP contribution in [-0.4, -0.2) is 34.7 Å². The topological polar surface area (TPSA) is 71.5 Å². The highest BCUT2D eigenvalue weighted by molar-refractivity contribution is 6.02. The molecule has 0 saturated heterocycles. The van der Waals surface area contributed by atoms with Gasteiger partial charge in [0, 0.05) is 30.5 Å². The summed E-state index contributed by atoms with van der Waals surface area (Å²) in [6.45, 7) is 3.56. The third-order valence-corrected chi connectivity index (χ3v) is 4.04. The Balaban J connectivity index is 2.21. The van der Waals surface area contributed by atoms with Crippen molar-refractivity contribution in [1.82, 2.24) is 4.90 Å². The minimum absolute atomic E-state index is 0.0821. The van der Waals surface area contributed by atoms with Crippen LogP contribution in [0.25, 0.3) is 0 Å². The number of aldehydes is 1. The molecule has 5 nitrogen and oxygen atoms in total. The van der Waals surface area contributed by atoms with Crippen LogP contribution in [0.4, 0.5) is 0 Å². The molecule has 1 amide bonds. The molecule has 1 aliphatic rings. The lowest BCUT2D eigenvalue weighted by Gasteiger charge is -2.25. The number of rotatable bonds is 7. The van der Waals surface area contributed by atoms with Gasteiger partial charge in [0.05, 0.1) is 6.04 Å². The minimum Gasteiger partial charge on any atom is -0.324 e. The Hall–Kier alpha value is -2.30. The lowest BCUT2D eigenvalue weighted by atomic mass is 10.0. The van der Waals surface area contributed by atoms with Crippen molar-refractivity contribution in [1.29, 1.82) is 0 Å². The van der Waals surface area contributed by atoms with E-state index in [4.69, 9.17) is 0 Å². The molecule has 0 saturated carbocycles. The maximum absolute atomic E-state index is 12.5. The molecule has 0 radical (unpaired) electrons. The van der Waals surface area contributed by atoms with Crippen molar-refractivity contribution in [2.24, 2.45) is 0 Å². The molecule has 116 valence electrons. The minimum atomic E-state index is -0.588. The molecule has 0 spiro atoms. The molecule has 1 unspecified atom stereocenters. The molecule has 5 heteroatoms. The second kappa shape index (κ2) is 6.64. The standard InChI is InChI=1S/C17H19NO4/c1-3-14(21)6-7-16(11(2)20)18-9-13-5-4-12(10-19)8-15(13)17(18)22/h4-5,8,10,16H,3,6-7,9H2,1-2H3. The number of carbonyl (C=O) groups is 4. The number of hydrogen-bond acceptors (Lipinski definition) is 4. The summed E-state index contributed by atoms with van der Waals surface area (Å²) in [5.41, 5.74) is 1.72. The van der Waals surface area contributed by atoms with Crippen molar-refractivity contribution in [2.75, 3.05) is 0 Å². The smallest absolute Gasteiger partial charge is 0.255 e. The number of amides is 1. The fourth-order valence-electron chi connectivity index (χ4n) is 2.72.